The van der Waals surface area contributed by atoms with Crippen LogP contribution in [0.2, 0.25) is 0 Å². The molecule has 0 atom stereocenters. The quantitative estimate of drug-likeness (QED) is 0.353. The summed E-state index contributed by atoms with van der Waals surface area (Å²) in [4.78, 5) is 26.8. The topological polar surface area (TPSA) is 91.8 Å². The molecule has 4 rings (SSSR count). The fourth-order valence-corrected chi connectivity index (χ4v) is 3.39. The molecule has 2 heterocycles. The van der Waals surface area contributed by atoms with Crippen LogP contribution in [-0.4, -0.2) is 20.8 Å². The molecule has 0 saturated heterocycles. The number of halogens is 3. The molecular weight excluding hydrogens is 435 g/mol. The van der Waals surface area contributed by atoms with Crippen LogP contribution in [-0.2, 0) is 6.42 Å². The van der Waals surface area contributed by atoms with Crippen molar-refractivity contribution in [2.45, 2.75) is 26.2 Å². The van der Waals surface area contributed by atoms with Crippen LogP contribution in [0, 0.1) is 17.5 Å². The number of urea groups is 1. The number of unbranched alkanes of at least 4 members (excludes halogenated alkanes) is 1. The molecule has 2 aromatic heterocycles. The molecule has 0 unspecified atom stereocenters. The van der Waals surface area contributed by atoms with Crippen LogP contribution in [0.15, 0.2) is 53.3 Å². The molecule has 0 aliphatic rings. The summed E-state index contributed by atoms with van der Waals surface area (Å²) < 4.78 is 42.3. The molecule has 0 aliphatic heterocycles. The number of aryl methyl sites for hydroxylation is 1. The van der Waals surface area contributed by atoms with Crippen LogP contribution in [0.1, 0.15) is 25.5 Å². The summed E-state index contributed by atoms with van der Waals surface area (Å²) in [5.41, 5.74) is 1.11. The third-order valence-corrected chi connectivity index (χ3v) is 4.98. The van der Waals surface area contributed by atoms with Gasteiger partial charge in [-0.2, -0.15) is 5.10 Å². The Kier molecular flexibility index (Phi) is 6.16. The number of aromatic amines is 1. The molecule has 2 amide bonds. The number of anilines is 2. The second-order valence-electron chi connectivity index (χ2n) is 7.46. The van der Waals surface area contributed by atoms with Crippen LogP contribution in [0.5, 0.6) is 0 Å². The number of rotatable bonds is 6. The standard InChI is InChI=1S/C23H20F3N5O2/c1-2-3-4-15-12-20(29-23(33)28-19-11-14(24)10-17(25)22(19)26)31(30-15)16-6-7-18-13(9-16)5-8-21(32)27-18/h5-12H,2-4H2,1H3,(H,27,32)(H2,28,29,33). The second kappa shape index (κ2) is 9.19. The van der Waals surface area contributed by atoms with Crippen molar-refractivity contribution in [3.05, 3.63) is 82.0 Å². The normalized spacial score (nSPS) is 11.0. The highest BCUT2D eigenvalue weighted by Gasteiger charge is 2.17. The fraction of sp³-hybridized carbons (Fsp3) is 0.174. The molecule has 0 aliphatic carbocycles. The lowest BCUT2D eigenvalue weighted by Crippen LogP contribution is -2.22. The van der Waals surface area contributed by atoms with Gasteiger partial charge in [-0.3, -0.25) is 10.1 Å². The SMILES string of the molecule is CCCCc1cc(NC(=O)Nc2cc(F)cc(F)c2F)n(-c2ccc3[nH]c(=O)ccc3c2)n1. The van der Waals surface area contributed by atoms with Gasteiger partial charge in [-0.1, -0.05) is 13.3 Å². The number of amides is 2. The van der Waals surface area contributed by atoms with E-state index in [9.17, 15) is 22.8 Å². The van der Waals surface area contributed by atoms with Gasteiger partial charge < -0.3 is 10.3 Å². The Bertz CT molecular complexity index is 1400. The zero-order valence-corrected chi connectivity index (χ0v) is 17.6. The van der Waals surface area contributed by atoms with Crippen molar-refractivity contribution >= 4 is 28.4 Å². The van der Waals surface area contributed by atoms with Crippen LogP contribution in [0.3, 0.4) is 0 Å². The number of nitrogens with one attached hydrogen (secondary N) is 3. The van der Waals surface area contributed by atoms with Gasteiger partial charge in [0.25, 0.3) is 0 Å². The Hall–Kier alpha value is -4.08. The number of hydrogen-bond donors (Lipinski definition) is 3. The number of carbonyl (C=O) groups excluding carboxylic acids is 1. The van der Waals surface area contributed by atoms with Crippen molar-refractivity contribution in [2.24, 2.45) is 0 Å². The van der Waals surface area contributed by atoms with Crippen LogP contribution in [0.25, 0.3) is 16.6 Å². The van der Waals surface area contributed by atoms with E-state index in [2.05, 4.69) is 20.7 Å². The van der Waals surface area contributed by atoms with E-state index in [0.717, 1.165) is 23.9 Å². The molecule has 3 N–H and O–H groups in total. The highest BCUT2D eigenvalue weighted by atomic mass is 19.2. The first-order valence-electron chi connectivity index (χ1n) is 10.3. The average molecular weight is 455 g/mol. The van der Waals surface area contributed by atoms with E-state index < -0.39 is 29.2 Å². The summed E-state index contributed by atoms with van der Waals surface area (Å²) in [6.45, 7) is 2.04. The summed E-state index contributed by atoms with van der Waals surface area (Å²) in [7, 11) is 0. The highest BCUT2D eigenvalue weighted by molar-refractivity contribution is 5.99. The Labute approximate surface area is 186 Å². The van der Waals surface area contributed by atoms with Crippen molar-refractivity contribution in [2.75, 3.05) is 10.6 Å². The molecular formula is C23H20F3N5O2. The summed E-state index contributed by atoms with van der Waals surface area (Å²) >= 11 is 0. The molecule has 0 radical (unpaired) electrons. The van der Waals surface area contributed by atoms with Gasteiger partial charge in [0, 0.05) is 35.2 Å². The van der Waals surface area contributed by atoms with E-state index in [1.165, 1.54) is 10.7 Å². The third kappa shape index (κ3) is 4.89. The molecule has 10 heteroatoms. The Balaban J connectivity index is 1.66. The smallest absolute Gasteiger partial charge is 0.322 e. The van der Waals surface area contributed by atoms with E-state index in [1.54, 1.807) is 30.3 Å². The molecule has 2 aromatic carbocycles. The first-order valence-corrected chi connectivity index (χ1v) is 10.3. The predicted molar refractivity (Wildman–Crippen MR) is 119 cm³/mol. The fourth-order valence-electron chi connectivity index (χ4n) is 3.39. The van der Waals surface area contributed by atoms with Crippen LogP contribution < -0.4 is 16.2 Å². The Morgan fingerprint density at radius 3 is 2.67 bits per heavy atom. The van der Waals surface area contributed by atoms with Crippen molar-refractivity contribution < 1.29 is 18.0 Å². The van der Waals surface area contributed by atoms with Gasteiger partial charge in [-0.15, -0.1) is 0 Å². The number of nitrogens with zero attached hydrogens (tertiary/aromatic N) is 2. The summed E-state index contributed by atoms with van der Waals surface area (Å²) in [5, 5.41) is 9.99. The van der Waals surface area contributed by atoms with Gasteiger partial charge in [0.15, 0.2) is 11.6 Å². The Morgan fingerprint density at radius 1 is 1.06 bits per heavy atom. The summed E-state index contributed by atoms with van der Waals surface area (Å²) in [5.74, 6) is -3.52. The zero-order valence-electron chi connectivity index (χ0n) is 17.6. The number of pyridine rings is 1. The minimum absolute atomic E-state index is 0.226. The molecule has 0 spiro atoms. The molecule has 4 aromatic rings. The predicted octanol–water partition coefficient (Wildman–Crippen LogP) is 5.12. The minimum Gasteiger partial charge on any atom is -0.322 e. The summed E-state index contributed by atoms with van der Waals surface area (Å²) in [6, 6.07) is 10.1. The highest BCUT2D eigenvalue weighted by Crippen LogP contribution is 2.23. The zero-order chi connectivity index (χ0) is 23.5. The number of H-pyrrole nitrogens is 1. The number of aromatic nitrogens is 3. The minimum atomic E-state index is -1.41. The van der Waals surface area contributed by atoms with Gasteiger partial charge in [0.2, 0.25) is 5.56 Å². The monoisotopic (exact) mass is 455 g/mol. The van der Waals surface area contributed by atoms with E-state index in [4.69, 9.17) is 0 Å². The molecule has 33 heavy (non-hydrogen) atoms. The molecule has 0 saturated carbocycles. The van der Waals surface area contributed by atoms with Gasteiger partial charge in [0.05, 0.1) is 17.1 Å². The maximum absolute atomic E-state index is 13.9. The van der Waals surface area contributed by atoms with Gasteiger partial charge in [-0.25, -0.2) is 22.6 Å². The lowest BCUT2D eigenvalue weighted by Gasteiger charge is -2.11. The number of carbonyl (C=O) groups is 1. The largest absolute Gasteiger partial charge is 0.324 e. The van der Waals surface area contributed by atoms with Crippen molar-refractivity contribution in [1.82, 2.24) is 14.8 Å². The maximum Gasteiger partial charge on any atom is 0.324 e. The van der Waals surface area contributed by atoms with E-state index in [-0.39, 0.29) is 11.4 Å². The molecule has 0 fully saturated rings. The molecule has 7 nitrogen and oxygen atoms in total. The average Bonchev–Trinajstić information content (AvgIpc) is 3.17. The number of benzene rings is 2. The lowest BCUT2D eigenvalue weighted by molar-refractivity contribution is 0.262. The number of hydrogen-bond acceptors (Lipinski definition) is 3. The van der Waals surface area contributed by atoms with Crippen LogP contribution in [0.4, 0.5) is 29.5 Å². The van der Waals surface area contributed by atoms with E-state index in [0.29, 0.717) is 29.8 Å². The van der Waals surface area contributed by atoms with Gasteiger partial charge in [0.1, 0.15) is 11.6 Å². The van der Waals surface area contributed by atoms with Crippen molar-refractivity contribution in [1.29, 1.82) is 0 Å². The van der Waals surface area contributed by atoms with Gasteiger partial charge in [-0.05, 0) is 37.1 Å². The van der Waals surface area contributed by atoms with Crippen LogP contribution >= 0.6 is 0 Å². The molecule has 170 valence electrons. The lowest BCUT2D eigenvalue weighted by atomic mass is 10.2. The number of fused-ring (bicyclic) bond motifs is 1. The third-order valence-electron chi connectivity index (χ3n) is 4.98. The van der Waals surface area contributed by atoms with E-state index >= 15 is 0 Å². The van der Waals surface area contributed by atoms with Gasteiger partial charge >= 0.3 is 6.03 Å². The first-order chi connectivity index (χ1) is 15.8. The van der Waals surface area contributed by atoms with E-state index in [1.807, 2.05) is 6.92 Å². The van der Waals surface area contributed by atoms with Crippen molar-refractivity contribution in [3.63, 3.8) is 0 Å². The Morgan fingerprint density at radius 2 is 1.88 bits per heavy atom. The first kappa shape index (κ1) is 22.1. The summed E-state index contributed by atoms with van der Waals surface area (Å²) in [6.07, 6.45) is 2.50. The second-order valence-corrected chi connectivity index (χ2v) is 7.46. The molecule has 0 bridgehead atoms. The maximum atomic E-state index is 13.9. The van der Waals surface area contributed by atoms with Crippen molar-refractivity contribution in [3.8, 4) is 5.69 Å².